The lowest BCUT2D eigenvalue weighted by molar-refractivity contribution is -0.122. The highest BCUT2D eigenvalue weighted by molar-refractivity contribution is 7.92. The molecule has 176 valence electrons. The molecule has 2 fully saturated rings. The van der Waals surface area contributed by atoms with Crippen molar-refractivity contribution in [3.8, 4) is 0 Å². The lowest BCUT2D eigenvalue weighted by Gasteiger charge is -2.26. The fourth-order valence-corrected chi connectivity index (χ4v) is 6.56. The first-order chi connectivity index (χ1) is 15.8. The van der Waals surface area contributed by atoms with E-state index in [1.54, 1.807) is 28.7 Å². The summed E-state index contributed by atoms with van der Waals surface area (Å²) in [5.74, 6) is -0.540. The summed E-state index contributed by atoms with van der Waals surface area (Å²) in [6, 6.07) is 3.90. The van der Waals surface area contributed by atoms with E-state index in [1.807, 2.05) is 0 Å². The normalized spacial score (nSPS) is 18.6. The molecule has 5 rings (SSSR count). The minimum Gasteiger partial charge on any atom is -0.381 e. The van der Waals surface area contributed by atoms with Gasteiger partial charge in [-0.25, -0.2) is 12.8 Å². The number of nitrogens with zero attached hydrogens (tertiary/aromatic N) is 4. The smallest absolute Gasteiger partial charge is 0.184 e. The highest BCUT2D eigenvalue weighted by Gasteiger charge is 2.40. The van der Waals surface area contributed by atoms with Crippen molar-refractivity contribution in [3.05, 3.63) is 42.1 Å². The number of fused-ring (bicyclic) bond motifs is 1. The summed E-state index contributed by atoms with van der Waals surface area (Å²) >= 11 is 0. The first kappa shape index (κ1) is 22.2. The molecule has 1 atom stereocenters. The van der Waals surface area contributed by atoms with Gasteiger partial charge in [0.2, 0.25) is 0 Å². The van der Waals surface area contributed by atoms with E-state index in [1.165, 1.54) is 18.3 Å². The van der Waals surface area contributed by atoms with Crippen LogP contribution in [-0.4, -0.2) is 52.2 Å². The summed E-state index contributed by atoms with van der Waals surface area (Å²) in [7, 11) is -1.97. The lowest BCUT2D eigenvalue weighted by Crippen LogP contribution is -2.27. The van der Waals surface area contributed by atoms with E-state index in [9.17, 15) is 17.6 Å². The molecule has 33 heavy (non-hydrogen) atoms. The molecule has 0 radical (unpaired) electrons. The van der Waals surface area contributed by atoms with Crippen molar-refractivity contribution in [2.45, 2.75) is 54.7 Å². The number of ether oxygens (including phenoxy) is 1. The molecule has 1 aromatic carbocycles. The number of aromatic nitrogens is 4. The first-order valence-electron chi connectivity index (χ1n) is 11.3. The van der Waals surface area contributed by atoms with Gasteiger partial charge in [0.25, 0.3) is 0 Å². The van der Waals surface area contributed by atoms with Gasteiger partial charge in [-0.15, -0.1) is 0 Å². The van der Waals surface area contributed by atoms with Gasteiger partial charge in [0.05, 0.1) is 29.1 Å². The molecule has 8 nitrogen and oxygen atoms in total. The molecule has 0 bridgehead atoms. The summed E-state index contributed by atoms with van der Waals surface area (Å²) < 4.78 is 49.3. The lowest BCUT2D eigenvalue weighted by atomic mass is 9.90. The first-order valence-corrected chi connectivity index (χ1v) is 12.9. The Hall–Kier alpha value is -2.59. The third kappa shape index (κ3) is 4.33. The monoisotopic (exact) mass is 474 g/mol. The van der Waals surface area contributed by atoms with Crippen molar-refractivity contribution >= 4 is 26.5 Å². The van der Waals surface area contributed by atoms with Gasteiger partial charge in [-0.1, -0.05) is 0 Å². The molecule has 0 N–H and O–H groups in total. The Bertz CT molecular complexity index is 1290. The number of rotatable bonds is 8. The number of hydrogen-bond acceptors (Lipinski definition) is 6. The number of halogens is 1. The average Bonchev–Trinajstić information content (AvgIpc) is 3.47. The Labute approximate surface area is 191 Å². The second kappa shape index (κ2) is 8.64. The van der Waals surface area contributed by atoms with Crippen molar-refractivity contribution in [3.63, 3.8) is 0 Å². The Morgan fingerprint density at radius 2 is 1.97 bits per heavy atom. The molecule has 3 heterocycles. The summed E-state index contributed by atoms with van der Waals surface area (Å²) in [4.78, 5) is 13.2. The van der Waals surface area contributed by atoms with Gasteiger partial charge in [0, 0.05) is 31.8 Å². The highest BCUT2D eigenvalue weighted by atomic mass is 32.2. The predicted octanol–water partition coefficient (Wildman–Crippen LogP) is 3.01. The van der Waals surface area contributed by atoms with E-state index < -0.39 is 26.9 Å². The van der Waals surface area contributed by atoms with E-state index in [4.69, 9.17) is 4.74 Å². The quantitative estimate of drug-likeness (QED) is 0.498. The van der Waals surface area contributed by atoms with Crippen LogP contribution in [0.5, 0.6) is 0 Å². The van der Waals surface area contributed by atoms with Gasteiger partial charge in [0.1, 0.15) is 16.8 Å². The van der Waals surface area contributed by atoms with Crippen LogP contribution in [0.1, 0.15) is 43.8 Å². The zero-order chi connectivity index (χ0) is 23.2. The van der Waals surface area contributed by atoms with Crippen molar-refractivity contribution in [1.29, 1.82) is 0 Å². The summed E-state index contributed by atoms with van der Waals surface area (Å²) in [5, 5.41) is 8.46. The van der Waals surface area contributed by atoms with E-state index in [2.05, 4.69) is 10.2 Å². The number of aryl methyl sites for hydroxylation is 1. The summed E-state index contributed by atoms with van der Waals surface area (Å²) in [5.41, 5.74) is 1.13. The number of sulfone groups is 1. The molecule has 1 saturated carbocycles. The largest absolute Gasteiger partial charge is 0.381 e. The van der Waals surface area contributed by atoms with Crippen LogP contribution < -0.4 is 0 Å². The predicted molar refractivity (Wildman–Crippen MR) is 119 cm³/mol. The number of benzene rings is 1. The Kier molecular flexibility index (Phi) is 5.82. The maximum Gasteiger partial charge on any atom is 0.184 e. The molecule has 0 amide bonds. The maximum absolute atomic E-state index is 14.7. The van der Waals surface area contributed by atoms with Crippen molar-refractivity contribution in [2.75, 3.05) is 13.2 Å². The molecule has 1 aliphatic heterocycles. The van der Waals surface area contributed by atoms with Crippen LogP contribution in [0.3, 0.4) is 0 Å². The molecule has 10 heteroatoms. The Balaban J connectivity index is 1.55. The molecule has 1 saturated heterocycles. The van der Waals surface area contributed by atoms with Crippen molar-refractivity contribution < 1.29 is 22.3 Å². The van der Waals surface area contributed by atoms with Gasteiger partial charge in [-0.2, -0.15) is 10.2 Å². The van der Waals surface area contributed by atoms with E-state index >= 15 is 0 Å². The van der Waals surface area contributed by atoms with Crippen molar-refractivity contribution in [2.24, 2.45) is 13.0 Å². The molecule has 2 aromatic heterocycles. The summed E-state index contributed by atoms with van der Waals surface area (Å²) in [6.07, 6.45) is 6.67. The van der Waals surface area contributed by atoms with Crippen LogP contribution in [0.4, 0.5) is 4.39 Å². The topological polar surface area (TPSA) is 96.1 Å². The fourth-order valence-electron chi connectivity index (χ4n) is 4.67. The Morgan fingerprint density at radius 3 is 2.64 bits per heavy atom. The molecule has 0 spiro atoms. The third-order valence-corrected chi connectivity index (χ3v) is 8.95. The standard InChI is InChI=1S/C23H27FN4O4S/c1-27-9-6-16(26-27)13-22(29)21(12-15-7-10-32-11-8-15)28-20-5-4-19(24)23(18(20)14-25-28)33(30,31)17-2-3-17/h4-6,9,14-15,17,21H,2-3,7-8,10-13H2,1H3/t21-/m0/s1. The second-order valence-corrected chi connectivity index (χ2v) is 11.2. The van der Waals surface area contributed by atoms with Crippen LogP contribution in [0.2, 0.25) is 0 Å². The van der Waals surface area contributed by atoms with Crippen LogP contribution in [0.25, 0.3) is 10.9 Å². The maximum atomic E-state index is 14.7. The van der Waals surface area contributed by atoms with Gasteiger partial charge >= 0.3 is 0 Å². The average molecular weight is 475 g/mol. The SMILES string of the molecule is Cn1ccc(CC(=O)[C@H](CC2CCOCC2)n2ncc3c(S(=O)(=O)C4CC4)c(F)ccc32)n1. The van der Waals surface area contributed by atoms with Gasteiger partial charge in [-0.3, -0.25) is 14.2 Å². The van der Waals surface area contributed by atoms with Crippen LogP contribution in [0, 0.1) is 11.7 Å². The molecular weight excluding hydrogens is 447 g/mol. The minimum atomic E-state index is -3.77. The number of Topliss-reactive ketones (excluding diaryl/α,β-unsaturated/α-hetero) is 1. The van der Waals surface area contributed by atoms with Gasteiger partial charge in [0.15, 0.2) is 15.6 Å². The van der Waals surface area contributed by atoms with E-state index in [0.29, 0.717) is 43.7 Å². The van der Waals surface area contributed by atoms with Crippen molar-refractivity contribution in [1.82, 2.24) is 19.6 Å². The van der Waals surface area contributed by atoms with Gasteiger partial charge in [-0.05, 0) is 56.2 Å². The number of carbonyl (C=O) groups excluding carboxylic acids is 1. The van der Waals surface area contributed by atoms with E-state index in [-0.39, 0.29) is 28.4 Å². The van der Waals surface area contributed by atoms with Crippen LogP contribution in [0.15, 0.2) is 35.5 Å². The summed E-state index contributed by atoms with van der Waals surface area (Å²) in [6.45, 7) is 1.31. The minimum absolute atomic E-state index is 0.0545. The third-order valence-electron chi connectivity index (χ3n) is 6.62. The number of carbonyl (C=O) groups is 1. The Morgan fingerprint density at radius 1 is 1.21 bits per heavy atom. The fraction of sp³-hybridized carbons (Fsp3) is 0.522. The van der Waals surface area contributed by atoms with Crippen LogP contribution in [-0.2, 0) is 32.8 Å². The van der Waals surface area contributed by atoms with Crippen LogP contribution >= 0.6 is 0 Å². The second-order valence-electron chi connectivity index (χ2n) is 9.07. The zero-order valence-electron chi connectivity index (χ0n) is 18.5. The zero-order valence-corrected chi connectivity index (χ0v) is 19.3. The number of hydrogen-bond donors (Lipinski definition) is 0. The van der Waals surface area contributed by atoms with Gasteiger partial charge < -0.3 is 4.74 Å². The molecular formula is C23H27FN4O4S. The molecule has 2 aliphatic rings. The number of ketones is 1. The molecule has 0 unspecified atom stereocenters. The molecule has 3 aromatic rings. The van der Waals surface area contributed by atoms with E-state index in [0.717, 1.165) is 12.8 Å². The molecule has 1 aliphatic carbocycles. The highest BCUT2D eigenvalue weighted by Crippen LogP contribution is 2.39.